The minimum absolute atomic E-state index is 0.122. The van der Waals surface area contributed by atoms with Crippen LogP contribution < -0.4 is 5.73 Å². The minimum atomic E-state index is 0.122. The summed E-state index contributed by atoms with van der Waals surface area (Å²) in [5.74, 6) is 0. The lowest BCUT2D eigenvalue weighted by Crippen LogP contribution is -1.93. The van der Waals surface area contributed by atoms with Gasteiger partial charge < -0.3 is 5.73 Å². The molecule has 0 aliphatic rings. The lowest BCUT2D eigenvalue weighted by molar-refractivity contribution is 0.186. The molecular weight excluding hydrogens is 210 g/mol. The molecule has 0 aliphatic carbocycles. The predicted octanol–water partition coefficient (Wildman–Crippen LogP) is 4.69. The van der Waals surface area contributed by atoms with Crippen LogP contribution in [0.1, 0.15) is 84.5 Å². The Labute approximate surface area is 109 Å². The van der Waals surface area contributed by atoms with Gasteiger partial charge in [0.2, 0.25) is 0 Å². The van der Waals surface area contributed by atoms with Gasteiger partial charge in [-0.2, -0.15) is 0 Å². The monoisotopic (exact) mass is 244 g/mol. The summed E-state index contributed by atoms with van der Waals surface area (Å²) in [6.07, 6.45) is 14.1. The molecule has 0 aromatic heterocycles. The van der Waals surface area contributed by atoms with Crippen LogP contribution in [0, 0.1) is 0 Å². The van der Waals surface area contributed by atoms with Crippen molar-refractivity contribution in [3.8, 4) is 0 Å². The Morgan fingerprint density at radius 1 is 0.647 bits per heavy atom. The minimum Gasteiger partial charge on any atom is -0.330 e. The van der Waals surface area contributed by atoms with E-state index in [0.717, 1.165) is 25.8 Å². The molecule has 1 radical (unpaired) electrons. The van der Waals surface area contributed by atoms with Crippen LogP contribution in [0.5, 0.6) is 0 Å². The van der Waals surface area contributed by atoms with Gasteiger partial charge in [-0.25, -0.2) is 5.11 Å². The molecular formula is C15H34NO. The van der Waals surface area contributed by atoms with Crippen LogP contribution in [0.4, 0.5) is 0 Å². The third-order valence-corrected chi connectivity index (χ3v) is 2.79. The molecule has 0 unspecified atom stereocenters. The summed E-state index contributed by atoms with van der Waals surface area (Å²) in [7, 11) is 0. The van der Waals surface area contributed by atoms with Gasteiger partial charge >= 0.3 is 0 Å². The molecule has 0 aromatic rings. The van der Waals surface area contributed by atoms with Crippen molar-refractivity contribution in [3.05, 3.63) is 0 Å². The van der Waals surface area contributed by atoms with E-state index < -0.39 is 0 Å². The Balaban J connectivity index is 0. The van der Waals surface area contributed by atoms with Crippen LogP contribution >= 0.6 is 0 Å². The van der Waals surface area contributed by atoms with Gasteiger partial charge in [-0.05, 0) is 19.4 Å². The van der Waals surface area contributed by atoms with Crippen molar-refractivity contribution in [1.29, 1.82) is 0 Å². The molecule has 105 valence electrons. The molecule has 0 saturated carbocycles. The van der Waals surface area contributed by atoms with E-state index in [0.29, 0.717) is 0 Å². The van der Waals surface area contributed by atoms with E-state index in [1.165, 1.54) is 51.4 Å². The van der Waals surface area contributed by atoms with Gasteiger partial charge in [0.05, 0.1) is 6.61 Å². The maximum Gasteiger partial charge on any atom is 0.0822 e. The highest BCUT2D eigenvalue weighted by Gasteiger charge is 1.91. The zero-order chi connectivity index (χ0) is 13.2. The summed E-state index contributed by atoms with van der Waals surface area (Å²) in [4.78, 5) is 0. The molecule has 17 heavy (non-hydrogen) atoms. The highest BCUT2D eigenvalue weighted by Crippen LogP contribution is 2.09. The van der Waals surface area contributed by atoms with E-state index in [1.807, 2.05) is 0 Å². The first-order valence-corrected chi connectivity index (χ1v) is 7.61. The first-order valence-electron chi connectivity index (χ1n) is 7.61. The van der Waals surface area contributed by atoms with Gasteiger partial charge in [0.25, 0.3) is 0 Å². The van der Waals surface area contributed by atoms with E-state index in [1.54, 1.807) is 0 Å². The van der Waals surface area contributed by atoms with Crippen molar-refractivity contribution in [1.82, 2.24) is 0 Å². The largest absolute Gasteiger partial charge is 0.330 e. The van der Waals surface area contributed by atoms with Crippen molar-refractivity contribution in [2.75, 3.05) is 13.2 Å². The quantitative estimate of drug-likeness (QED) is 0.526. The summed E-state index contributed by atoms with van der Waals surface area (Å²) in [6.45, 7) is 5.25. The standard InChI is InChI=1S/C12H25O.C3H9N/c1-2-3-4-5-6-7-8-9-10-11-12-13;1-2-3-4/h2-12H2,1H3;2-4H2,1H3. The molecule has 0 spiro atoms. The number of hydrogen-bond acceptors (Lipinski definition) is 1. The van der Waals surface area contributed by atoms with E-state index in [-0.39, 0.29) is 6.61 Å². The SMILES string of the molecule is CCCCCCCCCCCC[O].CCCN. The number of hydrogen-bond donors (Lipinski definition) is 1. The van der Waals surface area contributed by atoms with E-state index >= 15 is 0 Å². The highest BCUT2D eigenvalue weighted by molar-refractivity contribution is 4.46. The van der Waals surface area contributed by atoms with Gasteiger partial charge in [-0.3, -0.25) is 0 Å². The molecule has 0 aromatic carbocycles. The fourth-order valence-electron chi connectivity index (χ4n) is 1.59. The Kier molecular flexibility index (Phi) is 24.1. The fraction of sp³-hybridized carbons (Fsp3) is 1.00. The maximum absolute atomic E-state index is 10.1. The summed E-state index contributed by atoms with van der Waals surface area (Å²) in [5, 5.41) is 10.1. The van der Waals surface area contributed by atoms with Crippen LogP contribution in [0.2, 0.25) is 0 Å². The van der Waals surface area contributed by atoms with Crippen LogP contribution in [-0.2, 0) is 5.11 Å². The average molecular weight is 244 g/mol. The van der Waals surface area contributed by atoms with Gasteiger partial charge in [0.1, 0.15) is 0 Å². The van der Waals surface area contributed by atoms with E-state index in [9.17, 15) is 5.11 Å². The zero-order valence-electron chi connectivity index (χ0n) is 12.2. The third-order valence-electron chi connectivity index (χ3n) is 2.79. The van der Waals surface area contributed by atoms with Crippen molar-refractivity contribution in [2.45, 2.75) is 84.5 Å². The van der Waals surface area contributed by atoms with Crippen molar-refractivity contribution in [2.24, 2.45) is 5.73 Å². The Morgan fingerprint density at radius 3 is 1.29 bits per heavy atom. The van der Waals surface area contributed by atoms with Gasteiger partial charge in [-0.1, -0.05) is 71.6 Å². The number of unbranched alkanes of at least 4 members (excludes halogenated alkanes) is 9. The maximum atomic E-state index is 10.1. The molecule has 0 saturated heterocycles. The second-order valence-corrected chi connectivity index (χ2v) is 4.67. The van der Waals surface area contributed by atoms with Crippen LogP contribution in [0.3, 0.4) is 0 Å². The molecule has 0 bridgehead atoms. The topological polar surface area (TPSA) is 45.9 Å². The smallest absolute Gasteiger partial charge is 0.0822 e. The molecule has 0 atom stereocenters. The number of rotatable bonds is 11. The van der Waals surface area contributed by atoms with Crippen molar-refractivity contribution >= 4 is 0 Å². The zero-order valence-corrected chi connectivity index (χ0v) is 12.2. The second kappa shape index (κ2) is 21.2. The van der Waals surface area contributed by atoms with E-state index in [4.69, 9.17) is 5.73 Å². The second-order valence-electron chi connectivity index (χ2n) is 4.67. The van der Waals surface area contributed by atoms with Crippen LogP contribution in [-0.4, -0.2) is 13.2 Å². The van der Waals surface area contributed by atoms with Gasteiger partial charge in [-0.15, -0.1) is 0 Å². The van der Waals surface area contributed by atoms with E-state index in [2.05, 4.69) is 13.8 Å². The molecule has 0 fully saturated rings. The number of nitrogens with two attached hydrogens (primary N) is 1. The lowest BCUT2D eigenvalue weighted by atomic mass is 10.1. The van der Waals surface area contributed by atoms with Gasteiger partial charge in [0.15, 0.2) is 0 Å². The molecule has 0 aliphatic heterocycles. The molecule has 0 rings (SSSR count). The highest BCUT2D eigenvalue weighted by atomic mass is 16.2. The van der Waals surface area contributed by atoms with Gasteiger partial charge in [0, 0.05) is 0 Å². The average Bonchev–Trinajstić information content (AvgIpc) is 2.37. The lowest BCUT2D eigenvalue weighted by Gasteiger charge is -2.00. The first kappa shape index (κ1) is 19.3. The molecule has 2 nitrogen and oxygen atoms in total. The van der Waals surface area contributed by atoms with Crippen LogP contribution in [0.25, 0.3) is 0 Å². The van der Waals surface area contributed by atoms with Crippen molar-refractivity contribution in [3.63, 3.8) is 0 Å². The normalized spacial score (nSPS) is 9.88. The Morgan fingerprint density at radius 2 is 1.00 bits per heavy atom. The first-order chi connectivity index (χ1) is 8.33. The third kappa shape index (κ3) is 25.9. The fourth-order valence-corrected chi connectivity index (χ4v) is 1.59. The van der Waals surface area contributed by atoms with Crippen molar-refractivity contribution < 1.29 is 5.11 Å². The Bertz CT molecular complexity index is 95.1. The molecule has 0 amide bonds. The molecule has 0 heterocycles. The Hall–Kier alpha value is -0.0800. The summed E-state index contributed by atoms with van der Waals surface area (Å²) in [5.41, 5.74) is 5.03. The summed E-state index contributed by atoms with van der Waals surface area (Å²) in [6, 6.07) is 0. The van der Waals surface area contributed by atoms with Crippen LogP contribution in [0.15, 0.2) is 0 Å². The molecule has 2 heteroatoms. The predicted molar refractivity (Wildman–Crippen MR) is 76.7 cm³/mol. The summed E-state index contributed by atoms with van der Waals surface area (Å²) < 4.78 is 0. The summed E-state index contributed by atoms with van der Waals surface area (Å²) >= 11 is 0. The molecule has 2 N–H and O–H groups in total.